The first-order valence-electron chi connectivity index (χ1n) is 9.08. The number of ether oxygens (including phenoxy) is 1. The fourth-order valence-electron chi connectivity index (χ4n) is 4.17. The van der Waals surface area contributed by atoms with E-state index >= 15 is 0 Å². The van der Waals surface area contributed by atoms with Crippen LogP contribution in [0, 0.1) is 11.3 Å². The predicted molar refractivity (Wildman–Crippen MR) is 85.7 cm³/mol. The van der Waals surface area contributed by atoms with Gasteiger partial charge in [0.1, 0.15) is 0 Å². The van der Waals surface area contributed by atoms with E-state index in [9.17, 15) is 5.11 Å². The zero-order chi connectivity index (χ0) is 15.7. The largest absolute Gasteiger partial charge is 0.395 e. The Labute approximate surface area is 137 Å². The van der Waals surface area contributed by atoms with Crippen molar-refractivity contribution in [3.8, 4) is 0 Å². The van der Waals surface area contributed by atoms with Crippen LogP contribution in [0.4, 0.5) is 0 Å². The third kappa shape index (κ3) is 3.59. The zero-order valence-electron chi connectivity index (χ0n) is 13.9. The highest BCUT2D eigenvalue weighted by Crippen LogP contribution is 2.41. The normalized spacial score (nSPS) is 28.3. The molecule has 6 nitrogen and oxygen atoms in total. The van der Waals surface area contributed by atoms with Crippen LogP contribution in [-0.4, -0.2) is 57.4 Å². The van der Waals surface area contributed by atoms with E-state index in [1.54, 1.807) is 0 Å². The van der Waals surface area contributed by atoms with Crippen molar-refractivity contribution in [3.05, 3.63) is 11.9 Å². The molecule has 3 heterocycles. The number of aliphatic hydroxyl groups is 1. The minimum atomic E-state index is 0.239. The van der Waals surface area contributed by atoms with Gasteiger partial charge in [-0.15, -0.1) is 5.10 Å². The zero-order valence-corrected chi connectivity index (χ0v) is 13.9. The maximum Gasteiger partial charge on any atom is 0.0967 e. The number of hydrogen-bond acceptors (Lipinski definition) is 5. The van der Waals surface area contributed by atoms with Crippen LogP contribution in [0.3, 0.4) is 0 Å². The van der Waals surface area contributed by atoms with Crippen LogP contribution in [0.5, 0.6) is 0 Å². The number of piperidine rings is 1. The molecule has 1 saturated carbocycles. The van der Waals surface area contributed by atoms with E-state index in [-0.39, 0.29) is 12.6 Å². The summed E-state index contributed by atoms with van der Waals surface area (Å²) in [5.41, 5.74) is 1.42. The van der Waals surface area contributed by atoms with E-state index in [2.05, 4.69) is 21.4 Å². The summed E-state index contributed by atoms with van der Waals surface area (Å²) in [6.07, 6.45) is 9.35. The Hall–Kier alpha value is -0.980. The second-order valence-corrected chi connectivity index (χ2v) is 7.77. The quantitative estimate of drug-likeness (QED) is 0.889. The molecule has 3 fully saturated rings. The monoisotopic (exact) mass is 320 g/mol. The van der Waals surface area contributed by atoms with E-state index in [0.29, 0.717) is 5.41 Å². The summed E-state index contributed by atoms with van der Waals surface area (Å²) in [7, 11) is 0. The Morgan fingerprint density at radius 3 is 2.78 bits per heavy atom. The van der Waals surface area contributed by atoms with E-state index in [1.807, 2.05) is 4.68 Å². The second-order valence-electron chi connectivity index (χ2n) is 7.77. The lowest BCUT2D eigenvalue weighted by atomic mass is 9.72. The van der Waals surface area contributed by atoms with Gasteiger partial charge in [0.25, 0.3) is 0 Å². The molecular formula is C17H28N4O2. The molecule has 1 spiro atoms. The van der Waals surface area contributed by atoms with Gasteiger partial charge in [0.2, 0.25) is 0 Å². The number of likely N-dealkylation sites (tertiary alicyclic amines) is 1. The minimum absolute atomic E-state index is 0.239. The van der Waals surface area contributed by atoms with Crippen LogP contribution in [0.15, 0.2) is 6.20 Å². The maximum absolute atomic E-state index is 9.75. The van der Waals surface area contributed by atoms with E-state index in [1.165, 1.54) is 19.3 Å². The lowest BCUT2D eigenvalue weighted by molar-refractivity contribution is -0.0553. The molecule has 1 N–H and O–H groups in total. The maximum atomic E-state index is 9.75. The molecule has 2 aliphatic heterocycles. The van der Waals surface area contributed by atoms with Crippen LogP contribution in [-0.2, 0) is 17.8 Å². The summed E-state index contributed by atoms with van der Waals surface area (Å²) in [6, 6.07) is 0.261. The van der Waals surface area contributed by atoms with Crippen molar-refractivity contribution in [2.75, 3.05) is 26.4 Å². The SMILES string of the molecule is OCC1CCC2(CCOCC2)CN1Cc1cn(CC2CC2)nn1. The number of nitrogens with zero attached hydrogens (tertiary/aromatic N) is 4. The smallest absolute Gasteiger partial charge is 0.0967 e. The highest BCUT2D eigenvalue weighted by molar-refractivity contribution is 4.98. The summed E-state index contributed by atoms with van der Waals surface area (Å²) >= 11 is 0. The van der Waals surface area contributed by atoms with E-state index < -0.39 is 0 Å². The standard InChI is InChI=1S/C17H28N4O2/c22-12-16-3-4-17(5-7-23-8-6-17)13-20(16)10-15-11-21(19-18-15)9-14-1-2-14/h11,14,16,22H,1-10,12-13H2. The molecule has 128 valence electrons. The third-order valence-electron chi connectivity index (χ3n) is 5.92. The summed E-state index contributed by atoms with van der Waals surface area (Å²) in [4.78, 5) is 2.43. The molecule has 0 aromatic carbocycles. The average Bonchev–Trinajstić information content (AvgIpc) is 3.27. The second kappa shape index (κ2) is 6.49. The number of hydrogen-bond donors (Lipinski definition) is 1. The van der Waals surface area contributed by atoms with Gasteiger partial charge >= 0.3 is 0 Å². The fraction of sp³-hybridized carbons (Fsp3) is 0.882. The Kier molecular flexibility index (Phi) is 4.39. The molecule has 1 aromatic heterocycles. The predicted octanol–water partition coefficient (Wildman–Crippen LogP) is 1.44. The van der Waals surface area contributed by atoms with E-state index in [0.717, 1.165) is 63.7 Å². The molecule has 0 amide bonds. The summed E-state index contributed by atoms with van der Waals surface area (Å²) < 4.78 is 7.55. The molecule has 1 atom stereocenters. The molecule has 2 saturated heterocycles. The van der Waals surface area contributed by atoms with Crippen molar-refractivity contribution in [1.82, 2.24) is 19.9 Å². The molecule has 6 heteroatoms. The molecule has 1 aromatic rings. The van der Waals surface area contributed by atoms with Crippen molar-refractivity contribution in [1.29, 1.82) is 0 Å². The first-order valence-corrected chi connectivity index (χ1v) is 9.08. The van der Waals surface area contributed by atoms with Gasteiger partial charge in [0.05, 0.1) is 12.3 Å². The van der Waals surface area contributed by atoms with Crippen molar-refractivity contribution >= 4 is 0 Å². The van der Waals surface area contributed by atoms with Gasteiger partial charge in [-0.25, -0.2) is 0 Å². The molecule has 3 aliphatic rings. The van der Waals surface area contributed by atoms with Gasteiger partial charge in [-0.2, -0.15) is 0 Å². The fourth-order valence-corrected chi connectivity index (χ4v) is 4.17. The van der Waals surface area contributed by atoms with Crippen LogP contribution in [0.1, 0.15) is 44.2 Å². The van der Waals surface area contributed by atoms with Crippen LogP contribution < -0.4 is 0 Å². The molecule has 1 aliphatic carbocycles. The highest BCUT2D eigenvalue weighted by atomic mass is 16.5. The van der Waals surface area contributed by atoms with Gasteiger partial charge in [0, 0.05) is 45.1 Å². The van der Waals surface area contributed by atoms with Crippen molar-refractivity contribution in [2.24, 2.45) is 11.3 Å². The summed E-state index contributed by atoms with van der Waals surface area (Å²) in [5, 5.41) is 18.4. The first-order chi connectivity index (χ1) is 11.3. The molecule has 23 heavy (non-hydrogen) atoms. The Bertz CT molecular complexity index is 522. The van der Waals surface area contributed by atoms with Crippen LogP contribution in [0.25, 0.3) is 0 Å². The van der Waals surface area contributed by atoms with Gasteiger partial charge in [-0.1, -0.05) is 5.21 Å². The van der Waals surface area contributed by atoms with Crippen molar-refractivity contribution in [3.63, 3.8) is 0 Å². The van der Waals surface area contributed by atoms with Crippen LogP contribution >= 0.6 is 0 Å². The number of rotatable bonds is 5. The summed E-state index contributed by atoms with van der Waals surface area (Å²) in [6.45, 7) is 4.88. The Morgan fingerprint density at radius 2 is 2.04 bits per heavy atom. The Morgan fingerprint density at radius 1 is 1.22 bits per heavy atom. The topological polar surface area (TPSA) is 63.4 Å². The van der Waals surface area contributed by atoms with Gasteiger partial charge < -0.3 is 9.84 Å². The van der Waals surface area contributed by atoms with E-state index in [4.69, 9.17) is 4.74 Å². The van der Waals surface area contributed by atoms with Gasteiger partial charge in [0.15, 0.2) is 0 Å². The third-order valence-corrected chi connectivity index (χ3v) is 5.92. The number of aliphatic hydroxyl groups excluding tert-OH is 1. The highest BCUT2D eigenvalue weighted by Gasteiger charge is 2.40. The Balaban J connectivity index is 1.42. The summed E-state index contributed by atoms with van der Waals surface area (Å²) in [5.74, 6) is 0.815. The lowest BCUT2D eigenvalue weighted by Crippen LogP contribution is -2.51. The number of aromatic nitrogens is 3. The molecule has 4 rings (SSSR count). The average molecular weight is 320 g/mol. The van der Waals surface area contributed by atoms with Crippen molar-refractivity contribution in [2.45, 2.75) is 57.7 Å². The molecule has 0 bridgehead atoms. The molecular weight excluding hydrogens is 292 g/mol. The van der Waals surface area contributed by atoms with Crippen molar-refractivity contribution < 1.29 is 9.84 Å². The van der Waals surface area contributed by atoms with Gasteiger partial charge in [-0.3, -0.25) is 9.58 Å². The van der Waals surface area contributed by atoms with Gasteiger partial charge in [-0.05, 0) is 49.9 Å². The minimum Gasteiger partial charge on any atom is -0.395 e. The molecule has 0 radical (unpaired) electrons. The first kappa shape index (κ1) is 15.5. The lowest BCUT2D eigenvalue weighted by Gasteiger charge is -2.48. The van der Waals surface area contributed by atoms with Crippen LogP contribution in [0.2, 0.25) is 0 Å². The molecule has 1 unspecified atom stereocenters.